The van der Waals surface area contributed by atoms with Gasteiger partial charge in [0.25, 0.3) is 0 Å². The maximum absolute atomic E-state index is 3.49. The third kappa shape index (κ3) is 4.02. The van der Waals surface area contributed by atoms with Crippen LogP contribution in [0.4, 0.5) is 5.69 Å². The minimum absolute atomic E-state index is 1.08. The van der Waals surface area contributed by atoms with Gasteiger partial charge in [-0.15, -0.1) is 0 Å². The van der Waals surface area contributed by atoms with Gasteiger partial charge in [-0.1, -0.05) is 33.6 Å². The van der Waals surface area contributed by atoms with Crippen molar-refractivity contribution in [2.24, 2.45) is 0 Å². The Balaban J connectivity index is 1.55. The van der Waals surface area contributed by atoms with E-state index in [4.69, 9.17) is 0 Å². The number of hydrogen-bond donors (Lipinski definition) is 0. The Morgan fingerprint density at radius 1 is 0.857 bits per heavy atom. The van der Waals surface area contributed by atoms with Gasteiger partial charge in [-0.25, -0.2) is 4.31 Å². The minimum Gasteiger partial charge on any atom is -0.369 e. The van der Waals surface area contributed by atoms with E-state index < -0.39 is 0 Å². The van der Waals surface area contributed by atoms with E-state index in [0.717, 1.165) is 30.7 Å². The first-order valence-electron chi connectivity index (χ1n) is 7.21. The van der Waals surface area contributed by atoms with Gasteiger partial charge in [0.15, 0.2) is 0 Å². The molecule has 21 heavy (non-hydrogen) atoms. The molecule has 2 aromatic rings. The molecule has 0 radical (unpaired) electrons. The lowest BCUT2D eigenvalue weighted by Gasteiger charge is -2.35. The molecule has 1 aliphatic rings. The molecule has 0 amide bonds. The first kappa shape index (κ1) is 14.9. The number of piperazine rings is 1. The van der Waals surface area contributed by atoms with E-state index in [1.807, 2.05) is 11.9 Å². The van der Waals surface area contributed by atoms with Crippen LogP contribution in [-0.2, 0) is 0 Å². The smallest absolute Gasteiger partial charge is 0.0367 e. The largest absolute Gasteiger partial charge is 0.369 e. The van der Waals surface area contributed by atoms with Crippen LogP contribution in [0.5, 0.6) is 0 Å². The fourth-order valence-corrected chi connectivity index (χ4v) is 3.60. The van der Waals surface area contributed by atoms with Crippen molar-refractivity contribution >= 4 is 33.6 Å². The minimum atomic E-state index is 1.08. The molecule has 4 heteroatoms. The summed E-state index contributed by atoms with van der Waals surface area (Å²) in [5.74, 6) is 0. The summed E-state index contributed by atoms with van der Waals surface area (Å²) < 4.78 is 3.60. The first-order valence-corrected chi connectivity index (χ1v) is 8.77. The second-order valence-electron chi connectivity index (χ2n) is 5.30. The van der Waals surface area contributed by atoms with Crippen LogP contribution >= 0.6 is 27.9 Å². The summed E-state index contributed by atoms with van der Waals surface area (Å²) in [4.78, 5) is 3.79. The van der Waals surface area contributed by atoms with Crippen molar-refractivity contribution in [3.63, 3.8) is 0 Å². The first-order chi connectivity index (χ1) is 10.2. The molecule has 0 aliphatic carbocycles. The molecule has 0 unspecified atom stereocenters. The van der Waals surface area contributed by atoms with E-state index in [2.05, 4.69) is 80.6 Å². The molecule has 110 valence electrons. The van der Waals surface area contributed by atoms with Gasteiger partial charge in [-0.05, 0) is 55.3 Å². The second kappa shape index (κ2) is 6.86. The Hall–Kier alpha value is -0.970. The Morgan fingerprint density at radius 3 is 2.10 bits per heavy atom. The number of benzene rings is 2. The maximum atomic E-state index is 3.49. The Labute approximate surface area is 139 Å². The number of aryl methyl sites for hydroxylation is 1. The molecular formula is C17H19BrN2S. The highest BCUT2D eigenvalue weighted by Crippen LogP contribution is 2.26. The molecule has 1 saturated heterocycles. The van der Waals surface area contributed by atoms with Crippen LogP contribution in [0.2, 0.25) is 0 Å². The zero-order chi connectivity index (χ0) is 14.7. The van der Waals surface area contributed by atoms with Gasteiger partial charge in [0.2, 0.25) is 0 Å². The van der Waals surface area contributed by atoms with Crippen molar-refractivity contribution in [2.45, 2.75) is 11.8 Å². The van der Waals surface area contributed by atoms with Crippen LogP contribution in [-0.4, -0.2) is 30.5 Å². The van der Waals surface area contributed by atoms with E-state index in [1.54, 1.807) is 0 Å². The molecule has 1 heterocycles. The average molecular weight is 363 g/mol. The van der Waals surface area contributed by atoms with Crippen LogP contribution < -0.4 is 4.90 Å². The lowest BCUT2D eigenvalue weighted by molar-refractivity contribution is 0.429. The van der Waals surface area contributed by atoms with Crippen LogP contribution in [0.1, 0.15) is 5.56 Å². The number of hydrogen-bond acceptors (Lipinski definition) is 3. The van der Waals surface area contributed by atoms with E-state index in [0.29, 0.717) is 0 Å². The van der Waals surface area contributed by atoms with Crippen LogP contribution in [0, 0.1) is 6.92 Å². The molecule has 0 spiro atoms. The van der Waals surface area contributed by atoms with Crippen molar-refractivity contribution in [2.75, 3.05) is 31.1 Å². The van der Waals surface area contributed by atoms with E-state index in [1.165, 1.54) is 16.1 Å². The number of nitrogens with zero attached hydrogens (tertiary/aromatic N) is 2. The Bertz CT molecular complexity index is 575. The van der Waals surface area contributed by atoms with E-state index in [-0.39, 0.29) is 0 Å². The summed E-state index contributed by atoms with van der Waals surface area (Å²) in [6.07, 6.45) is 0. The van der Waals surface area contributed by atoms with E-state index in [9.17, 15) is 0 Å². The standard InChI is InChI=1S/C17H19BrN2S/c1-14-2-8-17(9-3-14)21-20-12-10-19(11-13-20)16-6-4-15(18)5-7-16/h2-9H,10-13H2,1H3. The van der Waals surface area contributed by atoms with Gasteiger partial charge in [0.05, 0.1) is 0 Å². The monoisotopic (exact) mass is 362 g/mol. The molecule has 0 bridgehead atoms. The second-order valence-corrected chi connectivity index (χ2v) is 7.38. The molecule has 2 nitrogen and oxygen atoms in total. The predicted octanol–water partition coefficient (Wildman–Crippen LogP) is 4.59. The summed E-state index contributed by atoms with van der Waals surface area (Å²) in [6, 6.07) is 17.4. The third-order valence-electron chi connectivity index (χ3n) is 3.69. The van der Waals surface area contributed by atoms with Gasteiger partial charge in [-0.3, -0.25) is 0 Å². The Morgan fingerprint density at radius 2 is 1.48 bits per heavy atom. The van der Waals surface area contributed by atoms with Crippen molar-refractivity contribution in [1.29, 1.82) is 0 Å². The lowest BCUT2D eigenvalue weighted by atomic mass is 10.2. The fourth-order valence-electron chi connectivity index (χ4n) is 2.44. The van der Waals surface area contributed by atoms with Crippen LogP contribution in [0.3, 0.4) is 0 Å². The van der Waals surface area contributed by atoms with Gasteiger partial charge in [0.1, 0.15) is 0 Å². The molecular weight excluding hydrogens is 344 g/mol. The Kier molecular flexibility index (Phi) is 4.88. The summed E-state index contributed by atoms with van der Waals surface area (Å²) in [6.45, 7) is 6.48. The molecule has 0 atom stereocenters. The number of rotatable bonds is 3. The third-order valence-corrected chi connectivity index (χ3v) is 5.32. The zero-order valence-electron chi connectivity index (χ0n) is 12.1. The summed E-state index contributed by atoms with van der Waals surface area (Å²) in [5.41, 5.74) is 2.64. The molecule has 2 aromatic carbocycles. The van der Waals surface area contributed by atoms with E-state index >= 15 is 0 Å². The van der Waals surface area contributed by atoms with Gasteiger partial charge >= 0.3 is 0 Å². The van der Waals surface area contributed by atoms with Crippen molar-refractivity contribution in [1.82, 2.24) is 4.31 Å². The van der Waals surface area contributed by atoms with Gasteiger partial charge < -0.3 is 4.90 Å². The molecule has 1 fully saturated rings. The quantitative estimate of drug-likeness (QED) is 0.737. The summed E-state index contributed by atoms with van der Waals surface area (Å²) >= 11 is 5.36. The highest BCUT2D eigenvalue weighted by atomic mass is 79.9. The highest BCUT2D eigenvalue weighted by Gasteiger charge is 2.17. The van der Waals surface area contributed by atoms with Crippen molar-refractivity contribution < 1.29 is 0 Å². The number of halogens is 1. The van der Waals surface area contributed by atoms with Crippen LogP contribution in [0.25, 0.3) is 0 Å². The van der Waals surface area contributed by atoms with Crippen molar-refractivity contribution in [3.8, 4) is 0 Å². The molecule has 0 saturated carbocycles. The maximum Gasteiger partial charge on any atom is 0.0367 e. The summed E-state index contributed by atoms with van der Waals surface area (Å²) in [7, 11) is 0. The molecule has 3 rings (SSSR count). The van der Waals surface area contributed by atoms with Gasteiger partial charge in [0, 0.05) is 41.2 Å². The SMILES string of the molecule is Cc1ccc(SN2CCN(c3ccc(Br)cc3)CC2)cc1. The average Bonchev–Trinajstić information content (AvgIpc) is 2.51. The molecule has 1 aliphatic heterocycles. The molecule has 0 aromatic heterocycles. The lowest BCUT2D eigenvalue weighted by Crippen LogP contribution is -2.43. The number of anilines is 1. The molecule has 0 N–H and O–H groups in total. The van der Waals surface area contributed by atoms with Crippen LogP contribution in [0.15, 0.2) is 57.9 Å². The zero-order valence-corrected chi connectivity index (χ0v) is 14.5. The fraction of sp³-hybridized carbons (Fsp3) is 0.294. The predicted molar refractivity (Wildman–Crippen MR) is 95.0 cm³/mol. The van der Waals surface area contributed by atoms with Gasteiger partial charge in [-0.2, -0.15) is 0 Å². The highest BCUT2D eigenvalue weighted by molar-refractivity contribution is 9.10. The topological polar surface area (TPSA) is 6.48 Å². The summed E-state index contributed by atoms with van der Waals surface area (Å²) in [5, 5.41) is 0. The normalized spacial score (nSPS) is 16.2. The van der Waals surface area contributed by atoms with Crippen molar-refractivity contribution in [3.05, 3.63) is 58.6 Å².